The summed E-state index contributed by atoms with van der Waals surface area (Å²) in [5.41, 5.74) is 1.50. The van der Waals surface area contributed by atoms with Crippen LogP contribution >= 0.6 is 11.3 Å². The fraction of sp³-hybridized carbons (Fsp3) is 0.500. The van der Waals surface area contributed by atoms with Crippen molar-refractivity contribution in [2.75, 3.05) is 47.4 Å². The lowest BCUT2D eigenvalue weighted by molar-refractivity contribution is 0.0783. The minimum absolute atomic E-state index is 0.00253. The monoisotopic (exact) mass is 391 g/mol. The number of ether oxygens (including phenoxy) is 2. The van der Waals surface area contributed by atoms with E-state index in [1.165, 1.54) is 11.3 Å². The summed E-state index contributed by atoms with van der Waals surface area (Å²) in [4.78, 5) is 22.3. The molecule has 0 aliphatic heterocycles. The molecule has 1 aromatic heterocycles. The Kier molecular flexibility index (Phi) is 7.62. The number of amides is 1. The molecule has 0 fully saturated rings. The van der Waals surface area contributed by atoms with Gasteiger partial charge in [0.1, 0.15) is 21.4 Å². The van der Waals surface area contributed by atoms with Crippen molar-refractivity contribution in [1.82, 2.24) is 14.8 Å². The minimum Gasteiger partial charge on any atom is -0.496 e. The summed E-state index contributed by atoms with van der Waals surface area (Å²) in [6.07, 6.45) is 0. The predicted molar refractivity (Wildman–Crippen MR) is 110 cm³/mol. The van der Waals surface area contributed by atoms with Crippen molar-refractivity contribution in [3.8, 4) is 22.1 Å². The average Bonchev–Trinajstić information content (AvgIpc) is 3.08. The number of carbonyl (C=O) groups is 1. The van der Waals surface area contributed by atoms with E-state index in [1.54, 1.807) is 19.1 Å². The number of methoxy groups -OCH3 is 2. The highest BCUT2D eigenvalue weighted by molar-refractivity contribution is 7.17. The Morgan fingerprint density at radius 1 is 1.11 bits per heavy atom. The SMILES string of the molecule is CCN(CC)CCN(C)C(=O)c1sc(-c2c(OC)cccc2OC)nc1C. The lowest BCUT2D eigenvalue weighted by atomic mass is 10.2. The zero-order valence-electron chi connectivity index (χ0n) is 17.0. The highest BCUT2D eigenvalue weighted by Crippen LogP contribution is 2.41. The van der Waals surface area contributed by atoms with Gasteiger partial charge >= 0.3 is 0 Å². The third-order valence-electron chi connectivity index (χ3n) is 4.63. The fourth-order valence-electron chi connectivity index (χ4n) is 2.87. The molecule has 6 nitrogen and oxygen atoms in total. The van der Waals surface area contributed by atoms with Crippen LogP contribution < -0.4 is 9.47 Å². The fourth-order valence-corrected chi connectivity index (χ4v) is 3.99. The van der Waals surface area contributed by atoms with Crippen LogP contribution in [0.4, 0.5) is 0 Å². The molecule has 0 saturated heterocycles. The summed E-state index contributed by atoms with van der Waals surface area (Å²) in [5, 5.41) is 0.724. The first-order valence-corrected chi connectivity index (χ1v) is 9.94. The molecule has 0 bridgehead atoms. The van der Waals surface area contributed by atoms with E-state index >= 15 is 0 Å². The molecule has 0 aliphatic rings. The molecule has 2 rings (SSSR count). The number of likely N-dealkylation sites (N-methyl/N-ethyl adjacent to an activating group) is 2. The highest BCUT2D eigenvalue weighted by atomic mass is 32.1. The summed E-state index contributed by atoms with van der Waals surface area (Å²) < 4.78 is 10.9. The molecule has 0 unspecified atom stereocenters. The van der Waals surface area contributed by atoms with Gasteiger partial charge in [0.15, 0.2) is 0 Å². The van der Waals surface area contributed by atoms with Crippen LogP contribution in [0, 0.1) is 6.92 Å². The molecule has 2 aromatic rings. The molecule has 1 aromatic carbocycles. The second kappa shape index (κ2) is 9.71. The Morgan fingerprint density at radius 3 is 2.22 bits per heavy atom. The summed E-state index contributed by atoms with van der Waals surface area (Å²) in [6, 6.07) is 5.60. The third-order valence-corrected chi connectivity index (χ3v) is 5.79. The Bertz CT molecular complexity index is 750. The number of aryl methyl sites for hydroxylation is 1. The number of thiazole rings is 1. The first-order chi connectivity index (χ1) is 13.0. The maximum absolute atomic E-state index is 12.9. The van der Waals surface area contributed by atoms with Crippen LogP contribution in [0.15, 0.2) is 18.2 Å². The van der Waals surface area contributed by atoms with Gasteiger partial charge in [0.05, 0.1) is 25.5 Å². The number of carbonyl (C=O) groups excluding carboxylic acids is 1. The second-order valence-electron chi connectivity index (χ2n) is 6.22. The molecular weight excluding hydrogens is 362 g/mol. The Labute approximate surface area is 165 Å². The second-order valence-corrected chi connectivity index (χ2v) is 7.22. The molecule has 0 spiro atoms. The van der Waals surface area contributed by atoms with Crippen LogP contribution in [-0.2, 0) is 0 Å². The van der Waals surface area contributed by atoms with E-state index < -0.39 is 0 Å². The standard InChI is InChI=1S/C20H29N3O3S/c1-7-23(8-2)13-12-22(4)20(24)18-14(3)21-19(27-18)17-15(25-5)10-9-11-16(17)26-6/h9-11H,7-8,12-13H2,1-6H3. The number of benzene rings is 1. The van der Waals surface area contributed by atoms with E-state index in [1.807, 2.05) is 32.2 Å². The average molecular weight is 392 g/mol. The highest BCUT2D eigenvalue weighted by Gasteiger charge is 2.23. The molecule has 0 aliphatic carbocycles. The topological polar surface area (TPSA) is 54.9 Å². The van der Waals surface area contributed by atoms with E-state index in [2.05, 4.69) is 23.7 Å². The van der Waals surface area contributed by atoms with E-state index in [0.29, 0.717) is 22.9 Å². The predicted octanol–water partition coefficient (Wildman–Crippen LogP) is 3.55. The lowest BCUT2D eigenvalue weighted by Crippen LogP contribution is -2.36. The van der Waals surface area contributed by atoms with Crippen molar-refractivity contribution in [3.63, 3.8) is 0 Å². The lowest BCUT2D eigenvalue weighted by Gasteiger charge is -2.22. The molecule has 0 saturated carbocycles. The van der Waals surface area contributed by atoms with Gasteiger partial charge in [-0.05, 0) is 32.1 Å². The zero-order chi connectivity index (χ0) is 20.0. The summed E-state index contributed by atoms with van der Waals surface area (Å²) >= 11 is 1.38. The molecule has 148 valence electrons. The van der Waals surface area contributed by atoms with Gasteiger partial charge in [-0.25, -0.2) is 4.98 Å². The largest absolute Gasteiger partial charge is 0.496 e. The Balaban J connectivity index is 2.28. The van der Waals surface area contributed by atoms with Crippen molar-refractivity contribution in [1.29, 1.82) is 0 Å². The molecule has 1 heterocycles. The van der Waals surface area contributed by atoms with E-state index in [9.17, 15) is 4.79 Å². The van der Waals surface area contributed by atoms with E-state index in [-0.39, 0.29) is 5.91 Å². The van der Waals surface area contributed by atoms with Crippen molar-refractivity contribution in [2.45, 2.75) is 20.8 Å². The van der Waals surface area contributed by atoms with Crippen LogP contribution in [0.3, 0.4) is 0 Å². The zero-order valence-corrected chi connectivity index (χ0v) is 17.9. The molecular formula is C20H29N3O3S. The van der Waals surface area contributed by atoms with E-state index in [4.69, 9.17) is 9.47 Å². The van der Waals surface area contributed by atoms with Crippen LogP contribution in [0.25, 0.3) is 10.6 Å². The van der Waals surface area contributed by atoms with Gasteiger partial charge in [0.25, 0.3) is 5.91 Å². The van der Waals surface area contributed by atoms with Crippen molar-refractivity contribution in [3.05, 3.63) is 28.8 Å². The summed E-state index contributed by atoms with van der Waals surface area (Å²) in [6.45, 7) is 9.64. The van der Waals surface area contributed by atoms with Gasteiger partial charge in [0, 0.05) is 20.1 Å². The van der Waals surface area contributed by atoms with Crippen LogP contribution in [0.1, 0.15) is 29.2 Å². The van der Waals surface area contributed by atoms with Gasteiger partial charge in [0.2, 0.25) is 0 Å². The molecule has 0 atom stereocenters. The van der Waals surface area contributed by atoms with Gasteiger partial charge in [-0.3, -0.25) is 4.79 Å². The molecule has 27 heavy (non-hydrogen) atoms. The molecule has 1 amide bonds. The van der Waals surface area contributed by atoms with E-state index in [0.717, 1.165) is 35.9 Å². The summed E-state index contributed by atoms with van der Waals surface area (Å²) in [7, 11) is 5.08. The van der Waals surface area contributed by atoms with Crippen LogP contribution in [-0.4, -0.2) is 68.1 Å². The Morgan fingerprint density at radius 2 is 1.70 bits per heavy atom. The van der Waals surface area contributed by atoms with Gasteiger partial charge in [-0.2, -0.15) is 0 Å². The number of hydrogen-bond donors (Lipinski definition) is 0. The van der Waals surface area contributed by atoms with Crippen molar-refractivity contribution >= 4 is 17.2 Å². The normalized spacial score (nSPS) is 10.9. The van der Waals surface area contributed by atoms with Crippen LogP contribution in [0.2, 0.25) is 0 Å². The maximum atomic E-state index is 12.9. The first-order valence-electron chi connectivity index (χ1n) is 9.13. The third kappa shape index (κ3) is 4.78. The molecule has 7 heteroatoms. The van der Waals surface area contributed by atoms with Gasteiger partial charge < -0.3 is 19.3 Å². The number of rotatable bonds is 9. The number of aromatic nitrogens is 1. The number of hydrogen-bond acceptors (Lipinski definition) is 6. The van der Waals surface area contributed by atoms with Gasteiger partial charge in [-0.1, -0.05) is 19.9 Å². The quantitative estimate of drug-likeness (QED) is 0.654. The van der Waals surface area contributed by atoms with Gasteiger partial charge in [-0.15, -0.1) is 11.3 Å². The maximum Gasteiger partial charge on any atom is 0.265 e. The summed E-state index contributed by atoms with van der Waals surface area (Å²) in [5.74, 6) is 1.35. The minimum atomic E-state index is -0.00253. The molecule has 0 radical (unpaired) electrons. The van der Waals surface area contributed by atoms with Crippen LogP contribution in [0.5, 0.6) is 11.5 Å². The van der Waals surface area contributed by atoms with Crippen molar-refractivity contribution in [2.24, 2.45) is 0 Å². The van der Waals surface area contributed by atoms with Crippen molar-refractivity contribution < 1.29 is 14.3 Å². The smallest absolute Gasteiger partial charge is 0.265 e. The first kappa shape index (κ1) is 21.2. The molecule has 0 N–H and O–H groups in total. The Hall–Kier alpha value is -2.12. The number of nitrogens with zero attached hydrogens (tertiary/aromatic N) is 3.